The van der Waals surface area contributed by atoms with Gasteiger partial charge in [-0.3, -0.25) is 4.40 Å². The molecule has 1 fully saturated rings. The third-order valence-electron chi connectivity index (χ3n) is 6.52. The fourth-order valence-corrected chi connectivity index (χ4v) is 4.58. The second-order valence-corrected chi connectivity index (χ2v) is 8.85. The minimum atomic E-state index is 0.129. The van der Waals surface area contributed by atoms with Crippen LogP contribution in [0.5, 0.6) is 0 Å². The van der Waals surface area contributed by atoms with Gasteiger partial charge >= 0.3 is 0 Å². The van der Waals surface area contributed by atoms with Gasteiger partial charge in [0.05, 0.1) is 12.3 Å². The molecule has 2 heterocycles. The van der Waals surface area contributed by atoms with E-state index in [0.717, 1.165) is 28.6 Å². The summed E-state index contributed by atoms with van der Waals surface area (Å²) in [6.07, 6.45) is 7.72. The number of ether oxygens (including phenoxy) is 1. The van der Waals surface area contributed by atoms with E-state index in [-0.39, 0.29) is 6.04 Å². The zero-order valence-corrected chi connectivity index (χ0v) is 19.0. The molecule has 5 nitrogen and oxygen atoms in total. The molecular formula is C27H30N4O. The Labute approximate surface area is 189 Å². The standard InChI is InChI=1S/C27H30N4O/c1-18-7-4-5-10-23(18)24-25(22-13-11-21(12-14-22)20-8-6-9-20)30-27-28-15-16-31(27)26(24)29-19(2)17-32-3/h4-5,7,10-16,19-20,29H,6,8-9,17H2,1-3H3/t19-/m0/s1. The lowest BCUT2D eigenvalue weighted by Crippen LogP contribution is -2.23. The highest BCUT2D eigenvalue weighted by Gasteiger charge is 2.23. The lowest BCUT2D eigenvalue weighted by molar-refractivity contribution is 0.190. The van der Waals surface area contributed by atoms with Crippen molar-refractivity contribution in [3.63, 3.8) is 0 Å². The van der Waals surface area contributed by atoms with Gasteiger partial charge in [-0.05, 0) is 49.3 Å². The van der Waals surface area contributed by atoms with E-state index in [4.69, 9.17) is 9.72 Å². The predicted octanol–water partition coefficient (Wildman–Crippen LogP) is 6.09. The third-order valence-corrected chi connectivity index (χ3v) is 6.52. The summed E-state index contributed by atoms with van der Waals surface area (Å²) >= 11 is 0. The number of anilines is 1. The number of methoxy groups -OCH3 is 1. The van der Waals surface area contributed by atoms with Gasteiger partial charge in [0, 0.05) is 36.7 Å². The molecule has 1 N–H and O–H groups in total. The molecule has 4 aromatic rings. The van der Waals surface area contributed by atoms with Crippen LogP contribution in [0.15, 0.2) is 60.9 Å². The molecule has 2 aromatic carbocycles. The summed E-state index contributed by atoms with van der Waals surface area (Å²) in [4.78, 5) is 9.55. The van der Waals surface area contributed by atoms with Gasteiger partial charge in [-0.15, -0.1) is 0 Å². The van der Waals surface area contributed by atoms with Gasteiger partial charge in [-0.1, -0.05) is 55.0 Å². The van der Waals surface area contributed by atoms with Gasteiger partial charge in [-0.2, -0.15) is 0 Å². The second kappa shape index (κ2) is 8.75. The van der Waals surface area contributed by atoms with Crippen molar-refractivity contribution in [2.75, 3.05) is 19.0 Å². The Morgan fingerprint density at radius 3 is 2.59 bits per heavy atom. The van der Waals surface area contributed by atoms with E-state index in [1.165, 1.54) is 36.0 Å². The Morgan fingerprint density at radius 2 is 1.91 bits per heavy atom. The largest absolute Gasteiger partial charge is 0.383 e. The second-order valence-electron chi connectivity index (χ2n) is 8.85. The Morgan fingerprint density at radius 1 is 1.12 bits per heavy atom. The molecule has 1 atom stereocenters. The number of hydrogen-bond donors (Lipinski definition) is 1. The van der Waals surface area contributed by atoms with E-state index in [0.29, 0.717) is 12.4 Å². The van der Waals surface area contributed by atoms with Gasteiger partial charge in [0.15, 0.2) is 0 Å². The Balaban J connectivity index is 1.72. The maximum Gasteiger partial charge on any atom is 0.235 e. The van der Waals surface area contributed by atoms with Crippen molar-refractivity contribution in [1.82, 2.24) is 14.4 Å². The molecule has 0 radical (unpaired) electrons. The molecule has 0 amide bonds. The highest BCUT2D eigenvalue weighted by Crippen LogP contribution is 2.41. The van der Waals surface area contributed by atoms with Crippen LogP contribution in [0.25, 0.3) is 28.2 Å². The van der Waals surface area contributed by atoms with Gasteiger partial charge in [0.1, 0.15) is 5.82 Å². The number of nitrogens with zero attached hydrogens (tertiary/aromatic N) is 3. The van der Waals surface area contributed by atoms with Crippen molar-refractivity contribution < 1.29 is 4.74 Å². The van der Waals surface area contributed by atoms with Gasteiger partial charge < -0.3 is 10.1 Å². The van der Waals surface area contributed by atoms with Gasteiger partial charge in [-0.25, -0.2) is 9.97 Å². The molecule has 32 heavy (non-hydrogen) atoms. The minimum absolute atomic E-state index is 0.129. The topological polar surface area (TPSA) is 51.5 Å². The van der Waals surface area contributed by atoms with Crippen molar-refractivity contribution in [1.29, 1.82) is 0 Å². The number of aromatic nitrogens is 3. The Hall–Kier alpha value is -3.18. The smallest absolute Gasteiger partial charge is 0.235 e. The van der Waals surface area contributed by atoms with Crippen LogP contribution in [0.2, 0.25) is 0 Å². The molecule has 0 unspecified atom stereocenters. The van der Waals surface area contributed by atoms with E-state index in [1.54, 1.807) is 13.3 Å². The summed E-state index contributed by atoms with van der Waals surface area (Å²) in [5.41, 5.74) is 6.97. The summed E-state index contributed by atoms with van der Waals surface area (Å²) in [7, 11) is 1.73. The summed E-state index contributed by atoms with van der Waals surface area (Å²) in [5.74, 6) is 2.40. The number of rotatable bonds is 7. The first-order chi connectivity index (χ1) is 15.7. The van der Waals surface area contributed by atoms with E-state index >= 15 is 0 Å². The summed E-state index contributed by atoms with van der Waals surface area (Å²) in [5, 5.41) is 3.68. The molecule has 2 aromatic heterocycles. The van der Waals surface area contributed by atoms with E-state index in [9.17, 15) is 0 Å². The predicted molar refractivity (Wildman–Crippen MR) is 130 cm³/mol. The lowest BCUT2D eigenvalue weighted by atomic mass is 9.80. The van der Waals surface area contributed by atoms with Crippen LogP contribution in [0.3, 0.4) is 0 Å². The molecular weight excluding hydrogens is 396 g/mol. The Bertz CT molecular complexity index is 1220. The highest BCUT2D eigenvalue weighted by molar-refractivity contribution is 5.91. The normalized spacial score (nSPS) is 15.0. The highest BCUT2D eigenvalue weighted by atomic mass is 16.5. The SMILES string of the molecule is COC[C@H](C)Nc1c(-c2ccccc2C)c(-c2ccc(C3CCC3)cc2)nc2nccn12. The zero-order chi connectivity index (χ0) is 22.1. The number of imidazole rings is 1. The summed E-state index contributed by atoms with van der Waals surface area (Å²) < 4.78 is 7.44. The van der Waals surface area contributed by atoms with Crippen LogP contribution in [-0.2, 0) is 4.74 Å². The quantitative estimate of drug-likeness (QED) is 0.389. The fourth-order valence-electron chi connectivity index (χ4n) is 4.58. The minimum Gasteiger partial charge on any atom is -0.383 e. The number of hydrogen-bond acceptors (Lipinski definition) is 4. The van der Waals surface area contributed by atoms with Crippen LogP contribution in [0, 0.1) is 6.92 Å². The van der Waals surface area contributed by atoms with E-state index in [1.807, 2.05) is 10.6 Å². The van der Waals surface area contributed by atoms with Gasteiger partial charge in [0.2, 0.25) is 5.78 Å². The van der Waals surface area contributed by atoms with Crippen LogP contribution < -0.4 is 5.32 Å². The average molecular weight is 427 g/mol. The number of nitrogens with one attached hydrogen (secondary N) is 1. The number of aryl methyl sites for hydroxylation is 1. The first-order valence-corrected chi connectivity index (χ1v) is 11.4. The molecule has 5 rings (SSSR count). The summed E-state index contributed by atoms with van der Waals surface area (Å²) in [6.45, 7) is 4.89. The van der Waals surface area contributed by atoms with E-state index < -0.39 is 0 Å². The molecule has 1 aliphatic rings. The van der Waals surface area contributed by atoms with Crippen LogP contribution in [0.1, 0.15) is 43.2 Å². The van der Waals surface area contributed by atoms with Crippen molar-refractivity contribution in [3.8, 4) is 22.4 Å². The molecule has 1 saturated carbocycles. The molecule has 0 bridgehead atoms. The number of benzene rings is 2. The van der Waals surface area contributed by atoms with Crippen molar-refractivity contribution in [2.24, 2.45) is 0 Å². The van der Waals surface area contributed by atoms with Crippen LogP contribution in [-0.4, -0.2) is 34.1 Å². The van der Waals surface area contributed by atoms with Gasteiger partial charge in [0.25, 0.3) is 0 Å². The molecule has 5 heteroatoms. The molecule has 0 aliphatic heterocycles. The monoisotopic (exact) mass is 426 g/mol. The molecule has 164 valence electrons. The first-order valence-electron chi connectivity index (χ1n) is 11.4. The fraction of sp³-hybridized carbons (Fsp3) is 0.333. The maximum atomic E-state index is 5.40. The van der Waals surface area contributed by atoms with E-state index in [2.05, 4.69) is 72.7 Å². The number of fused-ring (bicyclic) bond motifs is 1. The molecule has 1 aliphatic carbocycles. The van der Waals surface area contributed by atoms with Crippen LogP contribution in [0.4, 0.5) is 5.82 Å². The summed E-state index contributed by atoms with van der Waals surface area (Å²) in [6, 6.07) is 17.6. The maximum absolute atomic E-state index is 5.40. The lowest BCUT2D eigenvalue weighted by Gasteiger charge is -2.26. The van der Waals surface area contributed by atoms with Crippen molar-refractivity contribution >= 4 is 11.6 Å². The molecule has 0 spiro atoms. The third kappa shape index (κ3) is 3.78. The first kappa shape index (κ1) is 20.7. The molecule has 0 saturated heterocycles. The zero-order valence-electron chi connectivity index (χ0n) is 19.0. The van der Waals surface area contributed by atoms with Crippen molar-refractivity contribution in [2.45, 2.75) is 45.1 Å². The Kier molecular flexibility index (Phi) is 5.66. The average Bonchev–Trinajstić information content (AvgIpc) is 3.23. The van der Waals surface area contributed by atoms with Crippen LogP contribution >= 0.6 is 0 Å². The van der Waals surface area contributed by atoms with Crippen molar-refractivity contribution in [3.05, 3.63) is 72.1 Å².